The van der Waals surface area contributed by atoms with Gasteiger partial charge in [0.15, 0.2) is 9.84 Å². The molecule has 0 unspecified atom stereocenters. The summed E-state index contributed by atoms with van der Waals surface area (Å²) in [5.74, 6) is 0.508. The van der Waals surface area contributed by atoms with Gasteiger partial charge in [-0.15, -0.1) is 0 Å². The first-order valence-electron chi connectivity index (χ1n) is 4.84. The monoisotopic (exact) mass is 204 g/mol. The maximum atomic E-state index is 12.1. The minimum Gasteiger partial charge on any atom is -0.228 e. The summed E-state index contributed by atoms with van der Waals surface area (Å²) in [5.41, 5.74) is 0. The lowest BCUT2D eigenvalue weighted by molar-refractivity contribution is 0.335. The predicted octanol–water partition coefficient (Wildman–Crippen LogP) is 2.39. The molecule has 0 amide bonds. The lowest BCUT2D eigenvalue weighted by atomic mass is 9.89. The van der Waals surface area contributed by atoms with Crippen molar-refractivity contribution in [2.45, 2.75) is 57.0 Å². The highest BCUT2D eigenvalue weighted by atomic mass is 32.2. The van der Waals surface area contributed by atoms with Crippen LogP contribution in [0.15, 0.2) is 0 Å². The normalized spacial score (nSPS) is 31.5. The average Bonchev–Trinajstić information content (AvgIpc) is 1.80. The molecule has 0 aromatic rings. The van der Waals surface area contributed by atoms with E-state index in [2.05, 4.69) is 6.92 Å². The van der Waals surface area contributed by atoms with Crippen LogP contribution in [0.25, 0.3) is 0 Å². The van der Waals surface area contributed by atoms with Gasteiger partial charge in [0.25, 0.3) is 0 Å². The van der Waals surface area contributed by atoms with E-state index < -0.39 is 19.3 Å². The summed E-state index contributed by atoms with van der Waals surface area (Å²) in [6, 6.07) is 0. The van der Waals surface area contributed by atoms with E-state index in [0.29, 0.717) is 5.92 Å². The van der Waals surface area contributed by atoms with Gasteiger partial charge in [-0.05, 0) is 46.5 Å². The Morgan fingerprint density at radius 2 is 1.31 bits per heavy atom. The average molecular weight is 204 g/mol. The molecule has 0 aliphatic carbocycles. The number of rotatable bonds is 0. The fourth-order valence-corrected chi connectivity index (χ4v) is 5.22. The van der Waals surface area contributed by atoms with E-state index >= 15 is 0 Å². The van der Waals surface area contributed by atoms with Crippen molar-refractivity contribution < 1.29 is 8.42 Å². The van der Waals surface area contributed by atoms with E-state index in [1.54, 1.807) is 0 Å². The van der Waals surface area contributed by atoms with E-state index in [1.165, 1.54) is 0 Å². The van der Waals surface area contributed by atoms with Crippen LogP contribution in [0.4, 0.5) is 0 Å². The largest absolute Gasteiger partial charge is 0.228 e. The molecule has 0 atom stereocenters. The molecular formula is C10H20O2S. The molecule has 0 radical (unpaired) electrons. The maximum Gasteiger partial charge on any atom is 0.160 e. The van der Waals surface area contributed by atoms with Crippen LogP contribution in [-0.4, -0.2) is 17.9 Å². The van der Waals surface area contributed by atoms with Crippen molar-refractivity contribution in [2.75, 3.05) is 0 Å². The molecule has 0 aromatic carbocycles. The fraction of sp³-hybridized carbons (Fsp3) is 1.00. The van der Waals surface area contributed by atoms with E-state index in [4.69, 9.17) is 0 Å². The lowest BCUT2D eigenvalue weighted by Crippen LogP contribution is -2.51. The highest BCUT2D eigenvalue weighted by Crippen LogP contribution is 2.43. The minimum absolute atomic E-state index is 0.508. The standard InChI is InChI=1S/C10H20O2S/c1-8-6-9(2,3)13(11,12)10(4,5)7-8/h8H,6-7H2,1-5H3. The third kappa shape index (κ3) is 1.51. The lowest BCUT2D eigenvalue weighted by Gasteiger charge is -2.43. The van der Waals surface area contributed by atoms with Gasteiger partial charge in [0, 0.05) is 0 Å². The second kappa shape index (κ2) is 2.72. The van der Waals surface area contributed by atoms with E-state index in [1.807, 2.05) is 27.7 Å². The Morgan fingerprint density at radius 1 is 1.00 bits per heavy atom. The van der Waals surface area contributed by atoms with Gasteiger partial charge in [-0.3, -0.25) is 0 Å². The Kier molecular flexibility index (Phi) is 2.31. The van der Waals surface area contributed by atoms with Gasteiger partial charge in [0.1, 0.15) is 0 Å². The summed E-state index contributed by atoms with van der Waals surface area (Å²) in [4.78, 5) is 0. The summed E-state index contributed by atoms with van der Waals surface area (Å²) in [6.45, 7) is 9.52. The molecule has 2 nitrogen and oxygen atoms in total. The molecule has 1 aliphatic heterocycles. The Labute approximate surface area is 81.6 Å². The highest BCUT2D eigenvalue weighted by Gasteiger charge is 2.50. The molecule has 0 aromatic heterocycles. The van der Waals surface area contributed by atoms with Crippen LogP contribution in [0.3, 0.4) is 0 Å². The van der Waals surface area contributed by atoms with Crippen molar-refractivity contribution in [3.05, 3.63) is 0 Å². The van der Waals surface area contributed by atoms with Gasteiger partial charge in [-0.2, -0.15) is 0 Å². The van der Waals surface area contributed by atoms with Crippen LogP contribution in [0.1, 0.15) is 47.5 Å². The molecule has 78 valence electrons. The third-order valence-electron chi connectivity index (χ3n) is 3.14. The van der Waals surface area contributed by atoms with Crippen LogP contribution in [0.5, 0.6) is 0 Å². The van der Waals surface area contributed by atoms with Crippen molar-refractivity contribution in [1.29, 1.82) is 0 Å². The first kappa shape index (κ1) is 11.0. The quantitative estimate of drug-likeness (QED) is 0.607. The molecule has 1 heterocycles. The summed E-state index contributed by atoms with van der Waals surface area (Å²) < 4.78 is 23.1. The highest BCUT2D eigenvalue weighted by molar-refractivity contribution is 7.94. The molecule has 0 spiro atoms. The van der Waals surface area contributed by atoms with Crippen LogP contribution in [0.2, 0.25) is 0 Å². The predicted molar refractivity (Wildman–Crippen MR) is 55.5 cm³/mol. The molecular weight excluding hydrogens is 184 g/mol. The van der Waals surface area contributed by atoms with Crippen LogP contribution >= 0.6 is 0 Å². The summed E-state index contributed by atoms with van der Waals surface area (Å²) in [5, 5.41) is 0. The van der Waals surface area contributed by atoms with Crippen molar-refractivity contribution in [2.24, 2.45) is 5.92 Å². The van der Waals surface area contributed by atoms with Gasteiger partial charge in [-0.25, -0.2) is 8.42 Å². The van der Waals surface area contributed by atoms with Crippen LogP contribution < -0.4 is 0 Å². The smallest absolute Gasteiger partial charge is 0.160 e. The summed E-state index contributed by atoms with van der Waals surface area (Å²) in [7, 11) is -2.97. The van der Waals surface area contributed by atoms with Crippen LogP contribution in [0, 0.1) is 5.92 Å². The topological polar surface area (TPSA) is 34.1 Å². The minimum atomic E-state index is -2.97. The molecule has 0 saturated carbocycles. The Morgan fingerprint density at radius 3 is 1.62 bits per heavy atom. The van der Waals surface area contributed by atoms with E-state index in [9.17, 15) is 8.42 Å². The summed E-state index contributed by atoms with van der Waals surface area (Å²) >= 11 is 0. The molecule has 1 saturated heterocycles. The van der Waals surface area contributed by atoms with Gasteiger partial charge in [-0.1, -0.05) is 6.92 Å². The summed E-state index contributed by atoms with van der Waals surface area (Å²) in [6.07, 6.45) is 1.58. The molecule has 0 bridgehead atoms. The first-order valence-corrected chi connectivity index (χ1v) is 6.33. The second-order valence-electron chi connectivity index (χ2n) is 5.54. The van der Waals surface area contributed by atoms with E-state index in [0.717, 1.165) is 12.8 Å². The van der Waals surface area contributed by atoms with Crippen molar-refractivity contribution in [3.63, 3.8) is 0 Å². The number of hydrogen-bond acceptors (Lipinski definition) is 2. The molecule has 1 rings (SSSR count). The first-order chi connectivity index (χ1) is 5.60. The van der Waals surface area contributed by atoms with Gasteiger partial charge < -0.3 is 0 Å². The van der Waals surface area contributed by atoms with Crippen molar-refractivity contribution in [3.8, 4) is 0 Å². The van der Waals surface area contributed by atoms with Gasteiger partial charge in [0.05, 0.1) is 9.49 Å². The molecule has 3 heteroatoms. The van der Waals surface area contributed by atoms with Gasteiger partial charge >= 0.3 is 0 Å². The zero-order valence-corrected chi connectivity index (χ0v) is 10.0. The number of sulfone groups is 1. The van der Waals surface area contributed by atoms with Gasteiger partial charge in [0.2, 0.25) is 0 Å². The SMILES string of the molecule is CC1CC(C)(C)S(=O)(=O)C(C)(C)C1. The number of hydrogen-bond donors (Lipinski definition) is 0. The Balaban J connectivity index is 3.20. The Bertz CT molecular complexity index is 275. The molecule has 1 aliphatic rings. The maximum absolute atomic E-state index is 12.1. The second-order valence-corrected chi connectivity index (χ2v) is 8.75. The molecule has 1 fully saturated rings. The van der Waals surface area contributed by atoms with Crippen LogP contribution in [-0.2, 0) is 9.84 Å². The zero-order valence-electron chi connectivity index (χ0n) is 9.22. The molecule has 0 N–H and O–H groups in total. The zero-order chi connectivity index (χ0) is 10.5. The van der Waals surface area contributed by atoms with E-state index in [-0.39, 0.29) is 0 Å². The third-order valence-corrected chi connectivity index (χ3v) is 6.38. The fourth-order valence-electron chi connectivity index (χ4n) is 2.72. The Hall–Kier alpha value is -0.0500. The van der Waals surface area contributed by atoms with Crippen molar-refractivity contribution >= 4 is 9.84 Å². The van der Waals surface area contributed by atoms with Crippen molar-refractivity contribution in [1.82, 2.24) is 0 Å². The molecule has 13 heavy (non-hydrogen) atoms.